The zero-order valence-corrected chi connectivity index (χ0v) is 10.9. The van der Waals surface area contributed by atoms with Gasteiger partial charge in [0.2, 0.25) is 10.0 Å². The highest BCUT2D eigenvalue weighted by Gasteiger charge is 2.01. The molecule has 0 spiro atoms. The van der Waals surface area contributed by atoms with Gasteiger partial charge in [0.25, 0.3) is 0 Å². The molecule has 0 aliphatic rings. The maximum atomic E-state index is 10.7. The summed E-state index contributed by atoms with van der Waals surface area (Å²) in [5.41, 5.74) is 1.27. The number of hydrogen-bond donors (Lipinski definition) is 1. The lowest BCUT2D eigenvalue weighted by Gasteiger charge is -2.06. The van der Waals surface area contributed by atoms with Crippen LogP contribution in [0, 0.1) is 0 Å². The second kappa shape index (κ2) is 6.61. The molecular formula is C12H19NO3S. The summed E-state index contributed by atoms with van der Waals surface area (Å²) in [7, 11) is -3.33. The van der Waals surface area contributed by atoms with Crippen LogP contribution >= 0.6 is 0 Å². The minimum Gasteiger partial charge on any atom is -0.494 e. The Kier molecular flexibility index (Phi) is 5.44. The smallest absolute Gasteiger partial charge is 0.209 e. The molecule has 1 rings (SSSR count). The molecule has 0 heterocycles. The van der Waals surface area contributed by atoms with Crippen LogP contribution in [0.5, 0.6) is 5.75 Å². The first-order chi connectivity index (χ1) is 8.01. The summed E-state index contributed by atoms with van der Waals surface area (Å²) in [5.74, 6) is 0.836. The molecule has 5 heteroatoms. The molecule has 0 saturated heterocycles. The van der Waals surface area contributed by atoms with Crippen molar-refractivity contribution >= 4 is 10.0 Å². The predicted octanol–water partition coefficient (Wildman–Crippen LogP) is 1.70. The molecule has 2 N–H and O–H groups in total. The quantitative estimate of drug-likeness (QED) is 0.756. The molecule has 0 atom stereocenters. The molecule has 0 saturated carbocycles. The number of aryl methyl sites for hydroxylation is 1. The van der Waals surface area contributed by atoms with Gasteiger partial charge in [-0.2, -0.15) is 0 Å². The number of benzene rings is 1. The van der Waals surface area contributed by atoms with Crippen molar-refractivity contribution in [2.24, 2.45) is 5.14 Å². The third kappa shape index (κ3) is 6.28. The fraction of sp³-hybridized carbons (Fsp3) is 0.500. The highest BCUT2D eigenvalue weighted by Crippen LogP contribution is 2.12. The van der Waals surface area contributed by atoms with Gasteiger partial charge in [0.15, 0.2) is 0 Å². The molecule has 1 aromatic rings. The average molecular weight is 257 g/mol. The van der Waals surface area contributed by atoms with E-state index in [2.05, 4.69) is 6.92 Å². The van der Waals surface area contributed by atoms with E-state index in [0.717, 1.165) is 12.2 Å². The maximum absolute atomic E-state index is 10.7. The van der Waals surface area contributed by atoms with Crippen LogP contribution in [0.4, 0.5) is 0 Å². The normalized spacial score (nSPS) is 11.4. The Bertz CT molecular complexity index is 426. The van der Waals surface area contributed by atoms with Gasteiger partial charge in [-0.05, 0) is 37.0 Å². The van der Waals surface area contributed by atoms with E-state index >= 15 is 0 Å². The lowest BCUT2D eigenvalue weighted by atomic mass is 10.2. The molecule has 1 aromatic carbocycles. The van der Waals surface area contributed by atoms with Crippen molar-refractivity contribution in [2.45, 2.75) is 26.2 Å². The third-order valence-corrected chi connectivity index (χ3v) is 3.28. The summed E-state index contributed by atoms with van der Waals surface area (Å²) >= 11 is 0. The topological polar surface area (TPSA) is 69.4 Å². The van der Waals surface area contributed by atoms with E-state index < -0.39 is 10.0 Å². The van der Waals surface area contributed by atoms with Gasteiger partial charge >= 0.3 is 0 Å². The van der Waals surface area contributed by atoms with Gasteiger partial charge < -0.3 is 4.74 Å². The van der Waals surface area contributed by atoms with Crippen molar-refractivity contribution in [2.75, 3.05) is 12.4 Å². The van der Waals surface area contributed by atoms with E-state index in [1.807, 2.05) is 24.3 Å². The second-order valence-corrected chi connectivity index (χ2v) is 5.65. The van der Waals surface area contributed by atoms with Crippen molar-refractivity contribution in [1.82, 2.24) is 0 Å². The third-order valence-electron chi connectivity index (χ3n) is 2.42. The molecule has 0 amide bonds. The van der Waals surface area contributed by atoms with Crippen molar-refractivity contribution in [1.29, 1.82) is 0 Å². The van der Waals surface area contributed by atoms with Crippen LogP contribution < -0.4 is 9.88 Å². The lowest BCUT2D eigenvalue weighted by molar-refractivity contribution is 0.309. The van der Waals surface area contributed by atoms with Crippen LogP contribution in [0.15, 0.2) is 24.3 Å². The van der Waals surface area contributed by atoms with Crippen LogP contribution in [0.3, 0.4) is 0 Å². The first-order valence-corrected chi connectivity index (χ1v) is 7.45. The number of hydrogen-bond acceptors (Lipinski definition) is 3. The van der Waals surface area contributed by atoms with E-state index in [-0.39, 0.29) is 5.75 Å². The van der Waals surface area contributed by atoms with Crippen LogP contribution in [-0.4, -0.2) is 20.8 Å². The van der Waals surface area contributed by atoms with Crippen molar-refractivity contribution < 1.29 is 13.2 Å². The maximum Gasteiger partial charge on any atom is 0.209 e. The van der Waals surface area contributed by atoms with E-state index in [4.69, 9.17) is 9.88 Å². The molecule has 96 valence electrons. The largest absolute Gasteiger partial charge is 0.494 e. The first-order valence-electron chi connectivity index (χ1n) is 5.73. The van der Waals surface area contributed by atoms with E-state index in [1.165, 1.54) is 5.56 Å². The van der Waals surface area contributed by atoms with Gasteiger partial charge in [0.05, 0.1) is 12.4 Å². The predicted molar refractivity (Wildman–Crippen MR) is 68.5 cm³/mol. The lowest BCUT2D eigenvalue weighted by Crippen LogP contribution is -2.16. The number of sulfonamides is 1. The minimum atomic E-state index is -3.33. The number of rotatable bonds is 7. The number of nitrogens with two attached hydrogens (primary N) is 1. The Morgan fingerprint density at radius 1 is 1.18 bits per heavy atom. The second-order valence-electron chi connectivity index (χ2n) is 3.92. The highest BCUT2D eigenvalue weighted by molar-refractivity contribution is 7.89. The number of unbranched alkanes of at least 4 members (excludes halogenated alkanes) is 1. The van der Waals surface area contributed by atoms with Crippen LogP contribution in [0.2, 0.25) is 0 Å². The standard InChI is InChI=1S/C12H19NO3S/c1-2-11-5-7-12(8-6-11)16-9-3-4-10-17(13,14)15/h5-8H,2-4,9-10H2,1H3,(H2,13,14,15). The van der Waals surface area contributed by atoms with Crippen LogP contribution in [0.25, 0.3) is 0 Å². The van der Waals surface area contributed by atoms with Gasteiger partial charge in [-0.25, -0.2) is 13.6 Å². The summed E-state index contributed by atoms with van der Waals surface area (Å²) < 4.78 is 26.8. The molecular weight excluding hydrogens is 238 g/mol. The molecule has 0 aliphatic carbocycles. The van der Waals surface area contributed by atoms with E-state index in [9.17, 15) is 8.42 Å². The Hall–Kier alpha value is -1.07. The number of primary sulfonamides is 1. The van der Waals surface area contributed by atoms with Crippen LogP contribution in [0.1, 0.15) is 25.3 Å². The summed E-state index contributed by atoms with van der Waals surface area (Å²) in [6, 6.07) is 7.91. The molecule has 4 nitrogen and oxygen atoms in total. The monoisotopic (exact) mass is 257 g/mol. The van der Waals surface area contributed by atoms with Crippen molar-refractivity contribution in [3.63, 3.8) is 0 Å². The van der Waals surface area contributed by atoms with Crippen molar-refractivity contribution in [3.05, 3.63) is 29.8 Å². The number of ether oxygens (including phenoxy) is 1. The van der Waals surface area contributed by atoms with Gasteiger partial charge in [0.1, 0.15) is 5.75 Å². The highest BCUT2D eigenvalue weighted by atomic mass is 32.2. The SMILES string of the molecule is CCc1ccc(OCCCCS(N)(=O)=O)cc1. The zero-order chi connectivity index (χ0) is 12.7. The molecule has 0 radical (unpaired) electrons. The Labute approximate surface area is 103 Å². The summed E-state index contributed by atoms with van der Waals surface area (Å²) in [6.07, 6.45) is 2.23. The van der Waals surface area contributed by atoms with Gasteiger partial charge in [-0.3, -0.25) is 0 Å². The zero-order valence-electron chi connectivity index (χ0n) is 10.1. The molecule has 0 bridgehead atoms. The molecule has 0 aromatic heterocycles. The van der Waals surface area contributed by atoms with E-state index in [0.29, 0.717) is 19.4 Å². The minimum absolute atomic E-state index is 0.0190. The van der Waals surface area contributed by atoms with Gasteiger partial charge in [0, 0.05) is 0 Å². The first kappa shape index (κ1) is 14.0. The van der Waals surface area contributed by atoms with Gasteiger partial charge in [-0.1, -0.05) is 19.1 Å². The summed E-state index contributed by atoms with van der Waals surface area (Å²) in [4.78, 5) is 0. The Morgan fingerprint density at radius 2 is 1.82 bits per heavy atom. The molecule has 0 aliphatic heterocycles. The average Bonchev–Trinajstić information content (AvgIpc) is 2.28. The molecule has 0 fully saturated rings. The summed E-state index contributed by atoms with van der Waals surface area (Å²) in [6.45, 7) is 2.62. The van der Waals surface area contributed by atoms with Crippen molar-refractivity contribution in [3.8, 4) is 5.75 Å². The van der Waals surface area contributed by atoms with Gasteiger partial charge in [-0.15, -0.1) is 0 Å². The van der Waals surface area contributed by atoms with E-state index in [1.54, 1.807) is 0 Å². The fourth-order valence-electron chi connectivity index (χ4n) is 1.42. The van der Waals surface area contributed by atoms with Crippen LogP contribution in [-0.2, 0) is 16.4 Å². The summed E-state index contributed by atoms with van der Waals surface area (Å²) in [5, 5.41) is 4.89. The Balaban J connectivity index is 2.22. The Morgan fingerprint density at radius 3 is 2.35 bits per heavy atom. The molecule has 0 unspecified atom stereocenters. The molecule has 17 heavy (non-hydrogen) atoms. The fourth-order valence-corrected chi connectivity index (χ4v) is 2.02.